The largest absolute Gasteiger partial charge is 0.355 e. The summed E-state index contributed by atoms with van der Waals surface area (Å²) < 4.78 is 5.36. The Hall–Kier alpha value is -1.89. The van der Waals surface area contributed by atoms with Crippen LogP contribution in [-0.4, -0.2) is 66.2 Å². The zero-order valence-corrected chi connectivity index (χ0v) is 14.7. The van der Waals surface area contributed by atoms with Crippen LogP contribution < -0.4 is 5.32 Å². The van der Waals surface area contributed by atoms with Gasteiger partial charge in [-0.1, -0.05) is 16.8 Å². The van der Waals surface area contributed by atoms with Crippen LogP contribution in [0.15, 0.2) is 34.9 Å². The molecule has 7 heteroatoms. The van der Waals surface area contributed by atoms with Crippen LogP contribution in [0, 0.1) is 0 Å². The van der Waals surface area contributed by atoms with E-state index >= 15 is 0 Å². The van der Waals surface area contributed by atoms with E-state index in [1.807, 2.05) is 17.0 Å². The van der Waals surface area contributed by atoms with Gasteiger partial charge < -0.3 is 14.7 Å². The first-order chi connectivity index (χ1) is 12.2. The first-order valence-corrected chi connectivity index (χ1v) is 9.05. The minimum absolute atomic E-state index is 0.0541. The van der Waals surface area contributed by atoms with Gasteiger partial charge in [-0.05, 0) is 30.7 Å². The van der Waals surface area contributed by atoms with E-state index < -0.39 is 0 Å². The van der Waals surface area contributed by atoms with Crippen LogP contribution >= 0.6 is 11.6 Å². The van der Waals surface area contributed by atoms with Gasteiger partial charge >= 0.3 is 0 Å². The molecule has 2 fully saturated rings. The third-order valence-corrected chi connectivity index (χ3v) is 5.23. The van der Waals surface area contributed by atoms with Crippen LogP contribution in [0.25, 0.3) is 11.3 Å². The van der Waals surface area contributed by atoms with E-state index in [4.69, 9.17) is 16.1 Å². The quantitative estimate of drug-likeness (QED) is 0.908. The molecule has 132 valence electrons. The first kappa shape index (κ1) is 16.6. The molecule has 6 nitrogen and oxygen atoms in total. The molecule has 2 saturated heterocycles. The molecule has 2 aliphatic rings. The summed E-state index contributed by atoms with van der Waals surface area (Å²) >= 11 is 5.90. The highest BCUT2D eigenvalue weighted by Gasteiger charge is 2.32. The summed E-state index contributed by atoms with van der Waals surface area (Å²) in [7, 11) is 0. The lowest BCUT2D eigenvalue weighted by Gasteiger charge is -2.32. The Kier molecular flexibility index (Phi) is 4.74. The molecule has 1 N–H and O–H groups in total. The molecule has 2 aromatic rings. The molecule has 0 aliphatic carbocycles. The van der Waals surface area contributed by atoms with Crippen LogP contribution in [-0.2, 0) is 0 Å². The highest BCUT2D eigenvalue weighted by Crippen LogP contribution is 2.24. The van der Waals surface area contributed by atoms with Gasteiger partial charge in [-0.15, -0.1) is 0 Å². The lowest BCUT2D eigenvalue weighted by molar-refractivity contribution is 0.0763. The number of amides is 1. The van der Waals surface area contributed by atoms with Gasteiger partial charge in [0.2, 0.25) is 0 Å². The van der Waals surface area contributed by atoms with E-state index in [1.165, 1.54) is 0 Å². The zero-order chi connectivity index (χ0) is 17.2. The van der Waals surface area contributed by atoms with Gasteiger partial charge in [0.25, 0.3) is 5.91 Å². The van der Waals surface area contributed by atoms with Crippen molar-refractivity contribution in [3.63, 3.8) is 0 Å². The Bertz CT molecular complexity index is 740. The van der Waals surface area contributed by atoms with Gasteiger partial charge in [0.15, 0.2) is 11.5 Å². The normalized spacial score (nSPS) is 21.6. The van der Waals surface area contributed by atoms with Crippen molar-refractivity contribution < 1.29 is 9.32 Å². The number of piperazine rings is 1. The molecule has 1 aromatic heterocycles. The highest BCUT2D eigenvalue weighted by molar-refractivity contribution is 6.30. The van der Waals surface area contributed by atoms with Gasteiger partial charge in [0, 0.05) is 62.0 Å². The molecular weight excluding hydrogens is 340 g/mol. The topological polar surface area (TPSA) is 61.6 Å². The van der Waals surface area contributed by atoms with E-state index in [9.17, 15) is 4.79 Å². The summed E-state index contributed by atoms with van der Waals surface area (Å²) in [6.07, 6.45) is 1.02. The SMILES string of the molecule is O=C(c1cc(-c2ccc(Cl)cc2)on1)N1CCC(N2CCNCC2)C1. The van der Waals surface area contributed by atoms with E-state index in [0.717, 1.165) is 51.3 Å². The molecule has 1 amide bonds. The van der Waals surface area contributed by atoms with Crippen LogP contribution in [0.1, 0.15) is 16.9 Å². The zero-order valence-electron chi connectivity index (χ0n) is 13.9. The predicted molar refractivity (Wildman–Crippen MR) is 95.7 cm³/mol. The van der Waals surface area contributed by atoms with Gasteiger partial charge in [0.1, 0.15) is 0 Å². The van der Waals surface area contributed by atoms with Gasteiger partial charge in [0.05, 0.1) is 0 Å². The Morgan fingerprint density at radius 2 is 1.96 bits per heavy atom. The van der Waals surface area contributed by atoms with Crippen molar-refractivity contribution in [2.24, 2.45) is 0 Å². The maximum absolute atomic E-state index is 12.7. The van der Waals surface area contributed by atoms with Gasteiger partial charge in [-0.3, -0.25) is 9.69 Å². The fourth-order valence-corrected chi connectivity index (χ4v) is 3.69. The molecule has 0 saturated carbocycles. The average molecular weight is 361 g/mol. The van der Waals surface area contributed by atoms with Crippen LogP contribution in [0.4, 0.5) is 0 Å². The lowest BCUT2D eigenvalue weighted by Crippen LogP contribution is -2.49. The van der Waals surface area contributed by atoms with Crippen LogP contribution in [0.2, 0.25) is 5.02 Å². The lowest BCUT2D eigenvalue weighted by atomic mass is 10.1. The summed E-state index contributed by atoms with van der Waals surface area (Å²) in [5.41, 5.74) is 1.22. The Labute approximate surface area is 151 Å². The van der Waals surface area contributed by atoms with Crippen molar-refractivity contribution in [1.29, 1.82) is 0 Å². The van der Waals surface area contributed by atoms with Crippen molar-refractivity contribution in [3.8, 4) is 11.3 Å². The minimum Gasteiger partial charge on any atom is -0.355 e. The number of nitrogens with one attached hydrogen (secondary N) is 1. The number of nitrogens with zero attached hydrogens (tertiary/aromatic N) is 3. The number of carbonyl (C=O) groups excluding carboxylic acids is 1. The summed E-state index contributed by atoms with van der Waals surface area (Å²) in [6.45, 7) is 5.70. The fourth-order valence-electron chi connectivity index (χ4n) is 3.56. The minimum atomic E-state index is -0.0541. The van der Waals surface area contributed by atoms with Crippen molar-refractivity contribution in [2.45, 2.75) is 12.5 Å². The van der Waals surface area contributed by atoms with Gasteiger partial charge in [-0.25, -0.2) is 0 Å². The third kappa shape index (κ3) is 3.56. The first-order valence-electron chi connectivity index (χ1n) is 8.67. The predicted octanol–water partition coefficient (Wildman–Crippen LogP) is 2.11. The molecular formula is C18H21ClN4O2. The second-order valence-corrected chi connectivity index (χ2v) is 7.00. The Balaban J connectivity index is 1.42. The molecule has 1 atom stereocenters. The van der Waals surface area contributed by atoms with Crippen molar-refractivity contribution >= 4 is 17.5 Å². The monoisotopic (exact) mass is 360 g/mol. The summed E-state index contributed by atoms with van der Waals surface area (Å²) in [5.74, 6) is 0.527. The van der Waals surface area contributed by atoms with Crippen molar-refractivity contribution in [3.05, 3.63) is 41.0 Å². The molecule has 1 aromatic carbocycles. The summed E-state index contributed by atoms with van der Waals surface area (Å²) in [4.78, 5) is 17.1. The number of benzene rings is 1. The fraction of sp³-hybridized carbons (Fsp3) is 0.444. The average Bonchev–Trinajstić information content (AvgIpc) is 3.33. The number of rotatable bonds is 3. The van der Waals surface area contributed by atoms with Gasteiger partial charge in [-0.2, -0.15) is 0 Å². The van der Waals surface area contributed by atoms with Crippen LogP contribution in [0.5, 0.6) is 0 Å². The molecule has 2 aliphatic heterocycles. The summed E-state index contributed by atoms with van der Waals surface area (Å²) in [6, 6.07) is 9.46. The smallest absolute Gasteiger partial charge is 0.276 e. The molecule has 4 rings (SSSR count). The molecule has 25 heavy (non-hydrogen) atoms. The number of hydrogen-bond acceptors (Lipinski definition) is 5. The van der Waals surface area contributed by atoms with Crippen LogP contribution in [0.3, 0.4) is 0 Å². The second kappa shape index (κ2) is 7.15. The van der Waals surface area contributed by atoms with E-state index in [-0.39, 0.29) is 5.91 Å². The molecule has 0 radical (unpaired) electrons. The van der Waals surface area contributed by atoms with Crippen molar-refractivity contribution in [2.75, 3.05) is 39.3 Å². The highest BCUT2D eigenvalue weighted by atomic mass is 35.5. The summed E-state index contributed by atoms with van der Waals surface area (Å²) in [5, 5.41) is 8.00. The number of halogens is 1. The standard InChI is InChI=1S/C18H21ClN4O2/c19-14-3-1-13(2-4-14)17-11-16(21-25-17)18(24)23-8-5-15(12-23)22-9-6-20-7-10-22/h1-4,11,15,20H,5-10,12H2. The molecule has 0 bridgehead atoms. The molecule has 0 spiro atoms. The van der Waals surface area contributed by atoms with Crippen molar-refractivity contribution in [1.82, 2.24) is 20.3 Å². The maximum Gasteiger partial charge on any atom is 0.276 e. The molecule has 1 unspecified atom stereocenters. The third-order valence-electron chi connectivity index (χ3n) is 4.98. The van der Waals surface area contributed by atoms with E-state index in [2.05, 4.69) is 15.4 Å². The number of aromatic nitrogens is 1. The van der Waals surface area contributed by atoms with E-state index in [0.29, 0.717) is 22.5 Å². The Morgan fingerprint density at radius 3 is 2.72 bits per heavy atom. The maximum atomic E-state index is 12.7. The second-order valence-electron chi connectivity index (χ2n) is 6.56. The number of likely N-dealkylation sites (tertiary alicyclic amines) is 1. The number of carbonyl (C=O) groups is 1. The number of hydrogen-bond donors (Lipinski definition) is 1. The Morgan fingerprint density at radius 1 is 1.20 bits per heavy atom. The molecule has 3 heterocycles. The van der Waals surface area contributed by atoms with E-state index in [1.54, 1.807) is 18.2 Å².